The van der Waals surface area contributed by atoms with Crippen molar-refractivity contribution in [1.29, 1.82) is 0 Å². The number of nitrogen functional groups attached to an aromatic ring is 1. The highest BCUT2D eigenvalue weighted by Gasteiger charge is 2.42. The summed E-state index contributed by atoms with van der Waals surface area (Å²) < 4.78 is 0. The molecule has 0 bridgehead atoms. The second-order valence-electron chi connectivity index (χ2n) is 4.57. The van der Waals surface area contributed by atoms with Gasteiger partial charge in [-0.2, -0.15) is 4.98 Å². The molecule has 0 atom stereocenters. The Morgan fingerprint density at radius 3 is 2.94 bits per heavy atom. The number of thiophene rings is 1. The summed E-state index contributed by atoms with van der Waals surface area (Å²) in [6, 6.07) is 2.05. The van der Waals surface area contributed by atoms with Crippen LogP contribution in [0.5, 0.6) is 0 Å². The van der Waals surface area contributed by atoms with Gasteiger partial charge in [-0.15, -0.1) is 11.3 Å². The maximum absolute atomic E-state index is 9.33. The lowest BCUT2D eigenvalue weighted by molar-refractivity contribution is 0.266. The molecule has 1 aliphatic carbocycles. The third-order valence-corrected chi connectivity index (χ3v) is 4.02. The Hall–Kier alpha value is -1.40. The van der Waals surface area contributed by atoms with Crippen LogP contribution in [0.4, 0.5) is 11.8 Å². The van der Waals surface area contributed by atoms with Crippen molar-refractivity contribution in [2.24, 2.45) is 0 Å². The van der Waals surface area contributed by atoms with Gasteiger partial charge in [0, 0.05) is 4.88 Å². The zero-order chi connectivity index (χ0) is 12.0. The maximum Gasteiger partial charge on any atom is 0.223 e. The Balaban J connectivity index is 2.08. The molecule has 0 saturated heterocycles. The Morgan fingerprint density at radius 1 is 1.53 bits per heavy atom. The molecule has 90 valence electrons. The molecule has 1 aliphatic rings. The van der Waals surface area contributed by atoms with Crippen LogP contribution in [0.25, 0.3) is 10.2 Å². The van der Waals surface area contributed by atoms with E-state index >= 15 is 0 Å². The summed E-state index contributed by atoms with van der Waals surface area (Å²) >= 11 is 1.60. The zero-order valence-electron chi connectivity index (χ0n) is 9.53. The van der Waals surface area contributed by atoms with Crippen LogP contribution in [0.15, 0.2) is 6.07 Å². The molecule has 2 aromatic heterocycles. The number of nitrogens with zero attached hydrogens (tertiary/aromatic N) is 2. The SMILES string of the molecule is Cc1cc2c(NC3(CO)CC3)nc(N)nc2s1. The number of anilines is 2. The third kappa shape index (κ3) is 1.83. The molecule has 0 amide bonds. The van der Waals surface area contributed by atoms with E-state index in [4.69, 9.17) is 5.73 Å². The van der Waals surface area contributed by atoms with Gasteiger partial charge >= 0.3 is 0 Å². The summed E-state index contributed by atoms with van der Waals surface area (Å²) in [7, 11) is 0. The van der Waals surface area contributed by atoms with Crippen molar-refractivity contribution in [3.05, 3.63) is 10.9 Å². The van der Waals surface area contributed by atoms with Gasteiger partial charge in [0.1, 0.15) is 10.6 Å². The Labute approximate surface area is 103 Å². The fourth-order valence-electron chi connectivity index (χ4n) is 1.88. The molecule has 17 heavy (non-hydrogen) atoms. The van der Waals surface area contributed by atoms with E-state index in [1.165, 1.54) is 4.88 Å². The van der Waals surface area contributed by atoms with Gasteiger partial charge in [0.25, 0.3) is 0 Å². The predicted octanol–water partition coefficient (Wildman–Crippen LogP) is 1.52. The number of nitrogens with one attached hydrogen (secondary N) is 1. The van der Waals surface area contributed by atoms with Crippen molar-refractivity contribution in [2.45, 2.75) is 25.3 Å². The lowest BCUT2D eigenvalue weighted by Crippen LogP contribution is -2.26. The number of aryl methyl sites for hydroxylation is 1. The van der Waals surface area contributed by atoms with E-state index in [0.29, 0.717) is 0 Å². The van der Waals surface area contributed by atoms with Crippen LogP contribution in [0.1, 0.15) is 17.7 Å². The quantitative estimate of drug-likeness (QED) is 0.769. The summed E-state index contributed by atoms with van der Waals surface area (Å²) in [6.07, 6.45) is 1.94. The Kier molecular flexibility index (Phi) is 2.24. The van der Waals surface area contributed by atoms with E-state index in [9.17, 15) is 5.11 Å². The van der Waals surface area contributed by atoms with Crippen molar-refractivity contribution in [3.8, 4) is 0 Å². The summed E-state index contributed by atoms with van der Waals surface area (Å²) in [5.74, 6) is 1.01. The third-order valence-electron chi connectivity index (χ3n) is 3.07. The summed E-state index contributed by atoms with van der Waals surface area (Å²) in [5.41, 5.74) is 5.51. The highest BCUT2D eigenvalue weighted by molar-refractivity contribution is 7.18. The highest BCUT2D eigenvalue weighted by atomic mass is 32.1. The number of hydrogen-bond donors (Lipinski definition) is 3. The smallest absolute Gasteiger partial charge is 0.223 e. The molecule has 0 spiro atoms. The average Bonchev–Trinajstić information content (AvgIpc) is 2.94. The number of fused-ring (bicyclic) bond motifs is 1. The lowest BCUT2D eigenvalue weighted by atomic mass is 10.2. The fourth-order valence-corrected chi connectivity index (χ4v) is 2.76. The largest absolute Gasteiger partial charge is 0.394 e. The maximum atomic E-state index is 9.33. The summed E-state index contributed by atoms with van der Waals surface area (Å²) in [5, 5.41) is 13.6. The molecule has 0 aliphatic heterocycles. The van der Waals surface area contributed by atoms with E-state index in [1.807, 2.05) is 6.92 Å². The van der Waals surface area contributed by atoms with Crippen LogP contribution < -0.4 is 11.1 Å². The molecule has 0 radical (unpaired) electrons. The van der Waals surface area contributed by atoms with Crippen LogP contribution in [0.3, 0.4) is 0 Å². The van der Waals surface area contributed by atoms with Gasteiger partial charge in [-0.05, 0) is 25.8 Å². The van der Waals surface area contributed by atoms with E-state index in [2.05, 4.69) is 21.4 Å². The highest BCUT2D eigenvalue weighted by Crippen LogP contribution is 2.40. The molecule has 2 aromatic rings. The first-order valence-electron chi connectivity index (χ1n) is 5.55. The summed E-state index contributed by atoms with van der Waals surface area (Å²) in [4.78, 5) is 10.5. The molecule has 1 saturated carbocycles. The second-order valence-corrected chi connectivity index (χ2v) is 5.80. The van der Waals surface area contributed by atoms with E-state index in [0.717, 1.165) is 28.9 Å². The molecule has 3 rings (SSSR count). The van der Waals surface area contributed by atoms with Crippen molar-refractivity contribution in [2.75, 3.05) is 17.7 Å². The van der Waals surface area contributed by atoms with Gasteiger partial charge in [-0.1, -0.05) is 0 Å². The molecule has 1 fully saturated rings. The van der Waals surface area contributed by atoms with Gasteiger partial charge in [0.05, 0.1) is 17.5 Å². The van der Waals surface area contributed by atoms with Crippen molar-refractivity contribution < 1.29 is 5.11 Å². The van der Waals surface area contributed by atoms with Crippen LogP contribution >= 0.6 is 11.3 Å². The minimum Gasteiger partial charge on any atom is -0.394 e. The van der Waals surface area contributed by atoms with Crippen molar-refractivity contribution in [1.82, 2.24) is 9.97 Å². The van der Waals surface area contributed by atoms with Crippen LogP contribution in [-0.2, 0) is 0 Å². The topological polar surface area (TPSA) is 84.1 Å². The van der Waals surface area contributed by atoms with Gasteiger partial charge in [-0.25, -0.2) is 4.98 Å². The minimum absolute atomic E-state index is 0.127. The molecule has 5 nitrogen and oxygen atoms in total. The standard InChI is InChI=1S/C11H14N4OS/c1-6-4-7-8(15-11(5-16)2-3-11)13-10(12)14-9(7)17-6/h4,16H,2-3,5H2,1H3,(H3,12,13,14,15). The number of aliphatic hydroxyl groups excluding tert-OH is 1. The number of rotatable bonds is 3. The van der Waals surface area contributed by atoms with Gasteiger partial charge in [0.2, 0.25) is 5.95 Å². The zero-order valence-corrected chi connectivity index (χ0v) is 10.3. The molecule has 0 aromatic carbocycles. The predicted molar refractivity (Wildman–Crippen MR) is 69.2 cm³/mol. The second kappa shape index (κ2) is 3.54. The first-order chi connectivity index (χ1) is 8.12. The first-order valence-corrected chi connectivity index (χ1v) is 6.36. The Morgan fingerprint density at radius 2 is 2.29 bits per heavy atom. The van der Waals surface area contributed by atoms with Gasteiger partial charge in [-0.3, -0.25) is 0 Å². The number of aromatic nitrogens is 2. The van der Waals surface area contributed by atoms with Crippen LogP contribution in [0, 0.1) is 6.92 Å². The van der Waals surface area contributed by atoms with Gasteiger partial charge in [0.15, 0.2) is 0 Å². The number of nitrogens with two attached hydrogens (primary N) is 1. The molecular weight excluding hydrogens is 236 g/mol. The first kappa shape index (κ1) is 10.7. The Bertz CT molecular complexity index is 576. The molecule has 4 N–H and O–H groups in total. The van der Waals surface area contributed by atoms with E-state index in [1.54, 1.807) is 11.3 Å². The van der Waals surface area contributed by atoms with Crippen LogP contribution in [-0.4, -0.2) is 27.2 Å². The fraction of sp³-hybridized carbons (Fsp3) is 0.455. The average molecular weight is 250 g/mol. The summed E-state index contributed by atoms with van der Waals surface area (Å²) in [6.45, 7) is 2.16. The van der Waals surface area contributed by atoms with Crippen LogP contribution in [0.2, 0.25) is 0 Å². The minimum atomic E-state index is -0.191. The number of aliphatic hydroxyl groups is 1. The van der Waals surface area contributed by atoms with E-state index < -0.39 is 0 Å². The van der Waals surface area contributed by atoms with Crippen molar-refractivity contribution in [3.63, 3.8) is 0 Å². The lowest BCUT2D eigenvalue weighted by Gasteiger charge is -2.15. The van der Waals surface area contributed by atoms with E-state index in [-0.39, 0.29) is 18.1 Å². The van der Waals surface area contributed by atoms with Crippen molar-refractivity contribution >= 4 is 33.3 Å². The number of hydrogen-bond acceptors (Lipinski definition) is 6. The molecular formula is C11H14N4OS. The molecule has 6 heteroatoms. The monoisotopic (exact) mass is 250 g/mol. The molecule has 0 unspecified atom stereocenters. The normalized spacial score (nSPS) is 17.3. The molecule has 2 heterocycles. The van der Waals surface area contributed by atoms with Gasteiger partial charge < -0.3 is 16.2 Å².